The second-order valence-corrected chi connectivity index (χ2v) is 6.44. The van der Waals surface area contributed by atoms with Crippen LogP contribution in [0.25, 0.3) is 0 Å². The molecule has 0 unspecified atom stereocenters. The highest BCUT2D eigenvalue weighted by Crippen LogP contribution is 2.28. The zero-order valence-corrected chi connectivity index (χ0v) is 15.8. The van der Waals surface area contributed by atoms with Crippen molar-refractivity contribution in [1.82, 2.24) is 9.80 Å². The molecule has 0 saturated carbocycles. The van der Waals surface area contributed by atoms with Crippen molar-refractivity contribution in [3.63, 3.8) is 0 Å². The first kappa shape index (κ1) is 20.1. The quantitative estimate of drug-likeness (QED) is 0.590. The number of carbonyl (C=O) groups is 2. The molecular weight excluding hydrogens is 375 g/mol. The Kier molecular flexibility index (Phi) is 6.29. The molecule has 7 heteroatoms. The number of aliphatic hydroxyl groups excluding tert-OH is 1. The van der Waals surface area contributed by atoms with Gasteiger partial charge in [-0.15, -0.1) is 0 Å². The Labute approximate surface area is 168 Å². The minimum atomic E-state index is -0.579. The predicted molar refractivity (Wildman–Crippen MR) is 105 cm³/mol. The van der Waals surface area contributed by atoms with Gasteiger partial charge >= 0.3 is 0 Å². The van der Waals surface area contributed by atoms with Crippen LogP contribution in [0.15, 0.2) is 84.8 Å². The van der Waals surface area contributed by atoms with Gasteiger partial charge < -0.3 is 19.6 Å². The largest absolute Gasteiger partial charge is 0.503 e. The van der Waals surface area contributed by atoms with Gasteiger partial charge in [0, 0.05) is 26.1 Å². The van der Waals surface area contributed by atoms with Crippen molar-refractivity contribution in [2.45, 2.75) is 13.0 Å². The van der Waals surface area contributed by atoms with Crippen molar-refractivity contribution in [2.24, 2.45) is 0 Å². The number of hydrogen-bond donors (Lipinski definition) is 1. The van der Waals surface area contributed by atoms with Crippen LogP contribution in [0.5, 0.6) is 0 Å². The van der Waals surface area contributed by atoms with E-state index in [1.165, 1.54) is 34.3 Å². The highest BCUT2D eigenvalue weighted by Gasteiger charge is 2.37. The van der Waals surface area contributed by atoms with Crippen molar-refractivity contribution in [2.75, 3.05) is 13.1 Å². The van der Waals surface area contributed by atoms with E-state index in [1.807, 2.05) is 0 Å². The van der Waals surface area contributed by atoms with Crippen molar-refractivity contribution in [3.8, 4) is 0 Å². The van der Waals surface area contributed by atoms with Crippen molar-refractivity contribution < 1.29 is 23.8 Å². The first-order chi connectivity index (χ1) is 14.0. The number of benzene rings is 1. The van der Waals surface area contributed by atoms with Crippen LogP contribution < -0.4 is 0 Å². The van der Waals surface area contributed by atoms with Crippen LogP contribution >= 0.6 is 0 Å². The van der Waals surface area contributed by atoms with Crippen molar-refractivity contribution >= 4 is 11.7 Å². The summed E-state index contributed by atoms with van der Waals surface area (Å²) in [6.45, 7) is 4.49. The maximum atomic E-state index is 13.1. The SMILES string of the molecule is C=C/C=C\C=C\OC1=CCC(=O)C(O)=C2C(=O)N(Cc3ccc(F)cc3)CCN12. The Morgan fingerprint density at radius 3 is 2.62 bits per heavy atom. The van der Waals surface area contributed by atoms with Gasteiger partial charge in [0.15, 0.2) is 17.3 Å². The van der Waals surface area contributed by atoms with Gasteiger partial charge in [-0.3, -0.25) is 9.59 Å². The first-order valence-corrected chi connectivity index (χ1v) is 9.10. The zero-order valence-electron chi connectivity index (χ0n) is 15.8. The number of rotatable bonds is 6. The number of allylic oxidation sites excluding steroid dienone is 6. The topological polar surface area (TPSA) is 70.1 Å². The molecular formula is C22H21FN2O4. The van der Waals surface area contributed by atoms with Crippen LogP contribution in [0.2, 0.25) is 0 Å². The molecule has 2 aliphatic heterocycles. The highest BCUT2D eigenvalue weighted by atomic mass is 19.1. The number of piperazine rings is 1. The molecule has 0 atom stereocenters. The van der Waals surface area contributed by atoms with Crippen LogP contribution in [-0.2, 0) is 20.9 Å². The fourth-order valence-electron chi connectivity index (χ4n) is 3.04. The lowest BCUT2D eigenvalue weighted by molar-refractivity contribution is -0.133. The lowest BCUT2D eigenvalue weighted by atomic mass is 10.1. The van der Waals surface area contributed by atoms with Crippen LogP contribution in [0.1, 0.15) is 12.0 Å². The molecule has 1 aromatic rings. The molecule has 6 nitrogen and oxygen atoms in total. The Balaban J connectivity index is 1.82. The molecule has 1 N–H and O–H groups in total. The lowest BCUT2D eigenvalue weighted by Gasteiger charge is -2.37. The summed E-state index contributed by atoms with van der Waals surface area (Å²) in [7, 11) is 0. The number of aliphatic hydroxyl groups is 1. The average molecular weight is 396 g/mol. The Bertz CT molecular complexity index is 929. The van der Waals surface area contributed by atoms with Gasteiger partial charge in [0.05, 0.1) is 6.26 Å². The number of hydrogen-bond acceptors (Lipinski definition) is 5. The summed E-state index contributed by atoms with van der Waals surface area (Å²) >= 11 is 0. The third-order valence-corrected chi connectivity index (χ3v) is 4.48. The Morgan fingerprint density at radius 1 is 1.14 bits per heavy atom. The van der Waals surface area contributed by atoms with Crippen LogP contribution in [0, 0.1) is 5.82 Å². The molecule has 1 amide bonds. The smallest absolute Gasteiger partial charge is 0.274 e. The third-order valence-electron chi connectivity index (χ3n) is 4.48. The van der Waals surface area contributed by atoms with Gasteiger partial charge in [0.1, 0.15) is 5.82 Å². The summed E-state index contributed by atoms with van der Waals surface area (Å²) in [5, 5.41) is 10.4. The van der Waals surface area contributed by atoms with Gasteiger partial charge in [-0.25, -0.2) is 4.39 Å². The van der Waals surface area contributed by atoms with Gasteiger partial charge in [-0.05, 0) is 29.8 Å². The van der Waals surface area contributed by atoms with E-state index in [0.717, 1.165) is 5.56 Å². The molecule has 150 valence electrons. The van der Waals surface area contributed by atoms with E-state index in [4.69, 9.17) is 4.74 Å². The van der Waals surface area contributed by atoms with Crippen LogP contribution in [0.4, 0.5) is 4.39 Å². The summed E-state index contributed by atoms with van der Waals surface area (Å²) in [5.41, 5.74) is 0.638. The molecule has 2 heterocycles. The van der Waals surface area contributed by atoms with Gasteiger partial charge in [0.2, 0.25) is 5.78 Å². The van der Waals surface area contributed by atoms with E-state index in [9.17, 15) is 19.1 Å². The second-order valence-electron chi connectivity index (χ2n) is 6.44. The summed E-state index contributed by atoms with van der Waals surface area (Å²) in [6, 6.07) is 5.84. The van der Waals surface area contributed by atoms with Crippen molar-refractivity contribution in [1.29, 1.82) is 0 Å². The minimum Gasteiger partial charge on any atom is -0.503 e. The summed E-state index contributed by atoms with van der Waals surface area (Å²) in [6.07, 6.45) is 9.58. The summed E-state index contributed by atoms with van der Waals surface area (Å²) < 4.78 is 18.7. The van der Waals surface area contributed by atoms with Gasteiger partial charge in [-0.1, -0.05) is 36.9 Å². The molecule has 0 bridgehead atoms. The lowest BCUT2D eigenvalue weighted by Crippen LogP contribution is -2.48. The fraction of sp³-hybridized carbons (Fsp3) is 0.182. The minimum absolute atomic E-state index is 0.0806. The van der Waals surface area contributed by atoms with E-state index < -0.39 is 17.4 Å². The fourth-order valence-corrected chi connectivity index (χ4v) is 3.04. The monoisotopic (exact) mass is 396 g/mol. The molecule has 1 saturated heterocycles. The number of ketones is 1. The molecule has 0 aromatic heterocycles. The maximum absolute atomic E-state index is 13.1. The maximum Gasteiger partial charge on any atom is 0.274 e. The molecule has 1 fully saturated rings. The summed E-state index contributed by atoms with van der Waals surface area (Å²) in [4.78, 5) is 28.2. The average Bonchev–Trinajstić information content (AvgIpc) is 2.83. The predicted octanol–water partition coefficient (Wildman–Crippen LogP) is 3.33. The van der Waals surface area contributed by atoms with E-state index in [0.29, 0.717) is 19.0 Å². The second kappa shape index (κ2) is 9.05. The zero-order chi connectivity index (χ0) is 20.8. The van der Waals surface area contributed by atoms with Crippen LogP contribution in [-0.4, -0.2) is 39.7 Å². The van der Waals surface area contributed by atoms with Crippen molar-refractivity contribution in [3.05, 3.63) is 96.2 Å². The summed E-state index contributed by atoms with van der Waals surface area (Å²) in [5.74, 6) is -1.68. The van der Waals surface area contributed by atoms with E-state index in [1.54, 1.807) is 36.4 Å². The molecule has 0 aliphatic carbocycles. The van der Waals surface area contributed by atoms with Gasteiger partial charge in [0.25, 0.3) is 5.91 Å². The number of ether oxygens (including phenoxy) is 1. The molecule has 3 rings (SSSR count). The number of amides is 1. The van der Waals surface area contributed by atoms with E-state index in [-0.39, 0.29) is 24.5 Å². The number of halogens is 1. The number of nitrogens with zero attached hydrogens (tertiary/aromatic N) is 2. The molecule has 0 radical (unpaired) electrons. The molecule has 0 spiro atoms. The molecule has 29 heavy (non-hydrogen) atoms. The Morgan fingerprint density at radius 2 is 1.90 bits per heavy atom. The standard InChI is InChI=1S/C22H21FN2O4/c1-2-3-4-5-14-29-19-11-10-18(26)21(27)20-22(28)24(12-13-25(19)20)15-16-6-8-17(23)9-7-16/h2-9,11,14,27H,1,10,12-13,15H2/b4-3-,14-5+. The highest BCUT2D eigenvalue weighted by molar-refractivity contribution is 6.05. The third kappa shape index (κ3) is 4.63. The van der Waals surface area contributed by atoms with Crippen LogP contribution in [0.3, 0.4) is 0 Å². The molecule has 2 aliphatic rings. The van der Waals surface area contributed by atoms with Gasteiger partial charge in [-0.2, -0.15) is 0 Å². The van der Waals surface area contributed by atoms with E-state index >= 15 is 0 Å². The molecule has 1 aromatic carbocycles. The van der Waals surface area contributed by atoms with E-state index in [2.05, 4.69) is 6.58 Å². The number of Topliss-reactive ketones (excluding diaryl/α,β-unsaturated/α-hetero) is 1. The Hall–Kier alpha value is -3.61. The normalized spacial score (nSPS) is 17.6. The first-order valence-electron chi connectivity index (χ1n) is 9.10. The number of carbonyl (C=O) groups excluding carboxylic acids is 2. The number of fused-ring (bicyclic) bond motifs is 1.